The zero-order chi connectivity index (χ0) is 15.9. The summed E-state index contributed by atoms with van der Waals surface area (Å²) in [5.74, 6) is -0.442. The van der Waals surface area contributed by atoms with Crippen LogP contribution in [0.4, 0.5) is 0 Å². The molecule has 22 heavy (non-hydrogen) atoms. The van der Waals surface area contributed by atoms with Gasteiger partial charge in [-0.1, -0.05) is 22.0 Å². The number of carbonyl (C=O) groups excluding carboxylic acids is 3. The van der Waals surface area contributed by atoms with Crippen molar-refractivity contribution >= 4 is 33.7 Å². The number of fused-ring (bicyclic) bond motifs is 1. The number of rotatable bonds is 2. The number of hydrogen-bond donors (Lipinski definition) is 2. The van der Waals surface area contributed by atoms with Crippen LogP contribution < -0.4 is 10.6 Å². The van der Waals surface area contributed by atoms with Crippen molar-refractivity contribution in [1.82, 2.24) is 15.5 Å². The van der Waals surface area contributed by atoms with Gasteiger partial charge in [0.05, 0.1) is 0 Å². The summed E-state index contributed by atoms with van der Waals surface area (Å²) >= 11 is 3.33. The Labute approximate surface area is 136 Å². The van der Waals surface area contributed by atoms with Crippen molar-refractivity contribution in [2.45, 2.75) is 31.5 Å². The Morgan fingerprint density at radius 1 is 1.41 bits per heavy atom. The van der Waals surface area contributed by atoms with E-state index in [4.69, 9.17) is 0 Å². The average molecular weight is 366 g/mol. The Balaban J connectivity index is 1.69. The molecule has 3 amide bonds. The third kappa shape index (κ3) is 2.72. The highest BCUT2D eigenvalue weighted by molar-refractivity contribution is 9.10. The summed E-state index contributed by atoms with van der Waals surface area (Å²) in [6, 6.07) is 5.91. The fourth-order valence-electron chi connectivity index (χ4n) is 2.95. The molecule has 0 saturated carbocycles. The van der Waals surface area contributed by atoms with Gasteiger partial charge in [-0.25, -0.2) is 0 Å². The number of piperazine rings is 1. The van der Waals surface area contributed by atoms with E-state index in [1.807, 2.05) is 6.07 Å². The normalized spacial score (nSPS) is 27.4. The molecule has 0 aromatic heterocycles. The summed E-state index contributed by atoms with van der Waals surface area (Å²) in [4.78, 5) is 37.9. The molecule has 2 aliphatic rings. The number of nitrogens with zero attached hydrogens (tertiary/aromatic N) is 1. The molecule has 0 spiro atoms. The predicted molar refractivity (Wildman–Crippen MR) is 83.1 cm³/mol. The summed E-state index contributed by atoms with van der Waals surface area (Å²) in [6.07, 6.45) is 0.448. The van der Waals surface area contributed by atoms with Crippen molar-refractivity contribution in [1.29, 1.82) is 0 Å². The molecule has 1 aromatic carbocycles. The molecule has 1 aromatic rings. The molecule has 3 rings (SSSR count). The SMILES string of the molecule is C[C@@H]1NC(=O)[C@@H]2C[C@H](NC(=O)c3cccc(Br)c3)CN2C1=O. The topological polar surface area (TPSA) is 78.5 Å². The number of halogens is 1. The standard InChI is InChI=1S/C15H16BrN3O3/c1-8-15(22)19-7-11(6-12(19)14(21)17-8)18-13(20)9-3-2-4-10(16)5-9/h2-5,8,11-12H,6-7H2,1H3,(H,17,21)(H,18,20)/t8-,11-,12-/m0/s1. The molecule has 2 saturated heterocycles. The van der Waals surface area contributed by atoms with Gasteiger partial charge in [-0.3, -0.25) is 14.4 Å². The molecule has 6 nitrogen and oxygen atoms in total. The first-order chi connectivity index (χ1) is 10.5. The van der Waals surface area contributed by atoms with Gasteiger partial charge in [0.2, 0.25) is 11.8 Å². The highest BCUT2D eigenvalue weighted by Crippen LogP contribution is 2.23. The Bertz CT molecular complexity index is 649. The van der Waals surface area contributed by atoms with Gasteiger partial charge in [0.1, 0.15) is 12.1 Å². The molecule has 116 valence electrons. The monoisotopic (exact) mass is 365 g/mol. The van der Waals surface area contributed by atoms with E-state index in [0.29, 0.717) is 18.5 Å². The van der Waals surface area contributed by atoms with E-state index in [1.165, 1.54) is 0 Å². The van der Waals surface area contributed by atoms with Gasteiger partial charge in [0.15, 0.2) is 0 Å². The van der Waals surface area contributed by atoms with Crippen LogP contribution in [0.2, 0.25) is 0 Å². The molecule has 0 radical (unpaired) electrons. The molecular formula is C15H16BrN3O3. The lowest BCUT2D eigenvalue weighted by Gasteiger charge is -2.32. The van der Waals surface area contributed by atoms with Gasteiger partial charge in [-0.15, -0.1) is 0 Å². The molecule has 2 fully saturated rings. The molecule has 2 heterocycles. The Kier molecular flexibility index (Phi) is 3.90. The molecule has 2 N–H and O–H groups in total. The smallest absolute Gasteiger partial charge is 0.251 e. The number of carbonyl (C=O) groups is 3. The zero-order valence-corrected chi connectivity index (χ0v) is 13.6. The van der Waals surface area contributed by atoms with E-state index < -0.39 is 12.1 Å². The quantitative estimate of drug-likeness (QED) is 0.808. The van der Waals surface area contributed by atoms with Gasteiger partial charge in [-0.05, 0) is 31.5 Å². The van der Waals surface area contributed by atoms with E-state index in [0.717, 1.165) is 4.47 Å². The first-order valence-electron chi connectivity index (χ1n) is 7.13. The summed E-state index contributed by atoms with van der Waals surface area (Å²) in [7, 11) is 0. The highest BCUT2D eigenvalue weighted by atomic mass is 79.9. The van der Waals surface area contributed by atoms with Crippen LogP contribution >= 0.6 is 15.9 Å². The van der Waals surface area contributed by atoms with Crippen LogP contribution in [0.15, 0.2) is 28.7 Å². The van der Waals surface area contributed by atoms with Crippen molar-refractivity contribution in [3.63, 3.8) is 0 Å². The Hall–Kier alpha value is -1.89. The molecule has 3 atom stereocenters. The van der Waals surface area contributed by atoms with E-state index in [2.05, 4.69) is 26.6 Å². The number of benzene rings is 1. The van der Waals surface area contributed by atoms with Crippen molar-refractivity contribution in [2.24, 2.45) is 0 Å². The van der Waals surface area contributed by atoms with Gasteiger partial charge in [-0.2, -0.15) is 0 Å². The average Bonchev–Trinajstić information content (AvgIpc) is 2.89. The van der Waals surface area contributed by atoms with Gasteiger partial charge in [0, 0.05) is 22.6 Å². The minimum Gasteiger partial charge on any atom is -0.347 e. The van der Waals surface area contributed by atoms with Crippen molar-refractivity contribution in [3.05, 3.63) is 34.3 Å². The lowest BCUT2D eigenvalue weighted by molar-refractivity contribution is -0.146. The second kappa shape index (κ2) is 5.72. The van der Waals surface area contributed by atoms with Gasteiger partial charge >= 0.3 is 0 Å². The molecular weight excluding hydrogens is 350 g/mol. The van der Waals surface area contributed by atoms with E-state index in [-0.39, 0.29) is 23.8 Å². The molecule has 7 heteroatoms. The lowest BCUT2D eigenvalue weighted by atomic mass is 10.1. The fourth-order valence-corrected chi connectivity index (χ4v) is 3.35. The number of nitrogens with one attached hydrogen (secondary N) is 2. The second-order valence-corrected chi connectivity index (χ2v) is 6.57. The van der Waals surface area contributed by atoms with Crippen LogP contribution in [0.1, 0.15) is 23.7 Å². The molecule has 2 aliphatic heterocycles. The Morgan fingerprint density at radius 2 is 2.18 bits per heavy atom. The minimum absolute atomic E-state index is 0.0937. The third-order valence-electron chi connectivity index (χ3n) is 4.04. The molecule has 0 aliphatic carbocycles. The maximum atomic E-state index is 12.2. The number of hydrogen-bond acceptors (Lipinski definition) is 3. The second-order valence-electron chi connectivity index (χ2n) is 5.65. The zero-order valence-electron chi connectivity index (χ0n) is 12.0. The summed E-state index contributed by atoms with van der Waals surface area (Å²) < 4.78 is 0.826. The van der Waals surface area contributed by atoms with E-state index >= 15 is 0 Å². The largest absolute Gasteiger partial charge is 0.347 e. The minimum atomic E-state index is -0.497. The van der Waals surface area contributed by atoms with Gasteiger partial charge < -0.3 is 15.5 Å². The maximum Gasteiger partial charge on any atom is 0.251 e. The van der Waals surface area contributed by atoms with Crippen LogP contribution in [0.3, 0.4) is 0 Å². The first-order valence-corrected chi connectivity index (χ1v) is 7.92. The maximum absolute atomic E-state index is 12.2. The number of amides is 3. The van der Waals surface area contributed by atoms with Crippen LogP contribution in [0, 0.1) is 0 Å². The Morgan fingerprint density at radius 3 is 2.91 bits per heavy atom. The molecule has 0 bridgehead atoms. The van der Waals surface area contributed by atoms with E-state index in [1.54, 1.807) is 30.0 Å². The van der Waals surface area contributed by atoms with Crippen LogP contribution in [-0.2, 0) is 9.59 Å². The predicted octanol–water partition coefficient (Wildman–Crippen LogP) is 0.667. The third-order valence-corrected chi connectivity index (χ3v) is 4.53. The van der Waals surface area contributed by atoms with Crippen LogP contribution in [0.25, 0.3) is 0 Å². The highest BCUT2D eigenvalue weighted by Gasteiger charge is 2.45. The van der Waals surface area contributed by atoms with E-state index in [9.17, 15) is 14.4 Å². The summed E-state index contributed by atoms with van der Waals surface area (Å²) in [5, 5.41) is 5.57. The van der Waals surface area contributed by atoms with Crippen LogP contribution in [-0.4, -0.2) is 47.3 Å². The first kappa shape index (κ1) is 15.0. The fraction of sp³-hybridized carbons (Fsp3) is 0.400. The van der Waals surface area contributed by atoms with Gasteiger partial charge in [0.25, 0.3) is 5.91 Å². The van der Waals surface area contributed by atoms with Crippen molar-refractivity contribution in [3.8, 4) is 0 Å². The van der Waals surface area contributed by atoms with Crippen molar-refractivity contribution in [2.75, 3.05) is 6.54 Å². The lowest BCUT2D eigenvalue weighted by Crippen LogP contribution is -2.60. The molecule has 0 unspecified atom stereocenters. The van der Waals surface area contributed by atoms with Crippen molar-refractivity contribution < 1.29 is 14.4 Å². The van der Waals surface area contributed by atoms with Crippen LogP contribution in [0.5, 0.6) is 0 Å². The summed E-state index contributed by atoms with van der Waals surface area (Å²) in [6.45, 7) is 2.05. The summed E-state index contributed by atoms with van der Waals surface area (Å²) in [5.41, 5.74) is 0.545.